The molecule has 1 aliphatic rings. The predicted octanol–water partition coefficient (Wildman–Crippen LogP) is 3.08. The molecular weight excluding hydrogens is 316 g/mol. The average molecular weight is 333 g/mol. The van der Waals surface area contributed by atoms with Gasteiger partial charge in [0.15, 0.2) is 0 Å². The Morgan fingerprint density at radius 2 is 2.09 bits per heavy atom. The Labute approximate surface area is 139 Å². The Balaban J connectivity index is 1.82. The number of methoxy groups -OCH3 is 1. The largest absolute Gasteiger partial charge is 0.495 e. The van der Waals surface area contributed by atoms with E-state index in [2.05, 4.69) is 20.6 Å². The van der Waals surface area contributed by atoms with E-state index in [0.29, 0.717) is 22.3 Å². The molecule has 1 amide bonds. The number of ether oxygens (including phenoxy) is 1. The summed E-state index contributed by atoms with van der Waals surface area (Å²) in [6.45, 7) is 1.90. The van der Waals surface area contributed by atoms with Gasteiger partial charge in [-0.15, -0.1) is 0 Å². The van der Waals surface area contributed by atoms with Gasteiger partial charge in [0.05, 0.1) is 12.8 Å². The quantitative estimate of drug-likeness (QED) is 0.880. The first-order valence-corrected chi connectivity index (χ1v) is 7.68. The number of nitrogens with one attached hydrogen (secondary N) is 2. The normalized spacial score (nSPS) is 13.5. The van der Waals surface area contributed by atoms with Crippen LogP contribution in [0, 0.1) is 6.92 Å². The molecule has 1 heterocycles. The third kappa shape index (κ3) is 3.71. The number of amides is 1. The lowest BCUT2D eigenvalue weighted by atomic mass is 10.2. The molecule has 120 valence electrons. The minimum absolute atomic E-state index is 0.183. The van der Waals surface area contributed by atoms with Crippen molar-refractivity contribution in [2.45, 2.75) is 25.8 Å². The van der Waals surface area contributed by atoms with Gasteiger partial charge in [-0.2, -0.15) is 0 Å². The maximum Gasteiger partial charge on any atom is 0.270 e. The molecule has 23 heavy (non-hydrogen) atoms. The number of benzene rings is 1. The van der Waals surface area contributed by atoms with Crippen LogP contribution in [0.5, 0.6) is 5.75 Å². The minimum atomic E-state index is -0.183. The van der Waals surface area contributed by atoms with Crippen LogP contribution in [0.15, 0.2) is 24.5 Å². The first kappa shape index (κ1) is 15.6. The Hall–Kier alpha value is -2.34. The van der Waals surface area contributed by atoms with Crippen molar-refractivity contribution in [2.75, 3.05) is 12.4 Å². The van der Waals surface area contributed by atoms with Gasteiger partial charge in [-0.3, -0.25) is 4.79 Å². The number of halogens is 1. The number of hydrogen-bond donors (Lipinski definition) is 2. The summed E-state index contributed by atoms with van der Waals surface area (Å²) in [6, 6.07) is 5.50. The average Bonchev–Trinajstić information content (AvgIpc) is 3.35. The van der Waals surface area contributed by atoms with Crippen molar-refractivity contribution in [2.24, 2.45) is 0 Å². The van der Waals surface area contributed by atoms with E-state index in [1.165, 1.54) is 6.33 Å². The van der Waals surface area contributed by atoms with E-state index in [1.54, 1.807) is 19.2 Å². The summed E-state index contributed by atoms with van der Waals surface area (Å²) in [5.41, 5.74) is 1.97. The first-order valence-electron chi connectivity index (χ1n) is 7.31. The molecule has 1 aromatic heterocycles. The molecule has 1 aromatic carbocycles. The van der Waals surface area contributed by atoms with E-state index in [0.717, 1.165) is 24.1 Å². The number of hydrogen-bond acceptors (Lipinski definition) is 5. The third-order valence-corrected chi connectivity index (χ3v) is 3.96. The van der Waals surface area contributed by atoms with Crippen molar-refractivity contribution >= 4 is 29.0 Å². The van der Waals surface area contributed by atoms with Gasteiger partial charge in [-0.25, -0.2) is 9.97 Å². The van der Waals surface area contributed by atoms with Gasteiger partial charge >= 0.3 is 0 Å². The van der Waals surface area contributed by atoms with Gasteiger partial charge < -0.3 is 15.4 Å². The summed E-state index contributed by atoms with van der Waals surface area (Å²) in [4.78, 5) is 20.2. The highest BCUT2D eigenvalue weighted by atomic mass is 35.5. The van der Waals surface area contributed by atoms with Gasteiger partial charge in [-0.05, 0) is 31.4 Å². The number of carbonyl (C=O) groups is 1. The molecule has 1 fully saturated rings. The monoisotopic (exact) mass is 332 g/mol. The highest BCUT2D eigenvalue weighted by Crippen LogP contribution is 2.32. The van der Waals surface area contributed by atoms with Crippen LogP contribution in [0.25, 0.3) is 0 Å². The summed E-state index contributed by atoms with van der Waals surface area (Å²) in [5, 5.41) is 6.67. The second kappa shape index (κ2) is 6.42. The third-order valence-electron chi connectivity index (χ3n) is 3.56. The van der Waals surface area contributed by atoms with E-state index >= 15 is 0 Å². The fourth-order valence-corrected chi connectivity index (χ4v) is 2.26. The van der Waals surface area contributed by atoms with E-state index in [9.17, 15) is 4.79 Å². The molecule has 7 heteroatoms. The van der Waals surface area contributed by atoms with Crippen molar-refractivity contribution in [1.82, 2.24) is 15.3 Å². The molecular formula is C16H17ClN4O2. The predicted molar refractivity (Wildman–Crippen MR) is 88.5 cm³/mol. The molecule has 0 bridgehead atoms. The molecule has 2 aromatic rings. The van der Waals surface area contributed by atoms with Gasteiger partial charge in [0.2, 0.25) is 0 Å². The zero-order valence-corrected chi connectivity index (χ0v) is 13.6. The molecule has 1 aliphatic carbocycles. The van der Waals surface area contributed by atoms with Crippen LogP contribution in [0.3, 0.4) is 0 Å². The zero-order valence-electron chi connectivity index (χ0n) is 12.9. The van der Waals surface area contributed by atoms with Crippen LogP contribution in [0.4, 0.5) is 11.5 Å². The van der Waals surface area contributed by atoms with Gasteiger partial charge in [-0.1, -0.05) is 11.6 Å². The second-order valence-corrected chi connectivity index (χ2v) is 5.87. The van der Waals surface area contributed by atoms with Gasteiger partial charge in [0.1, 0.15) is 23.6 Å². The van der Waals surface area contributed by atoms with Crippen LogP contribution in [0.2, 0.25) is 5.02 Å². The number of carbonyl (C=O) groups excluding carboxylic acids is 1. The Morgan fingerprint density at radius 3 is 2.78 bits per heavy atom. The van der Waals surface area contributed by atoms with Gasteiger partial charge in [0, 0.05) is 23.2 Å². The molecule has 1 saturated carbocycles. The second-order valence-electron chi connectivity index (χ2n) is 5.46. The van der Waals surface area contributed by atoms with E-state index in [-0.39, 0.29) is 11.9 Å². The molecule has 0 saturated heterocycles. The SMILES string of the molecule is COc1cc(Cl)c(C)cc1Nc1cc(C(=O)NC2CC2)ncn1. The van der Waals surface area contributed by atoms with E-state index < -0.39 is 0 Å². The van der Waals surface area contributed by atoms with Crippen LogP contribution >= 0.6 is 11.6 Å². The highest BCUT2D eigenvalue weighted by molar-refractivity contribution is 6.31. The number of anilines is 2. The van der Waals surface area contributed by atoms with E-state index in [4.69, 9.17) is 16.3 Å². The molecule has 0 unspecified atom stereocenters. The van der Waals surface area contributed by atoms with Crippen molar-refractivity contribution in [1.29, 1.82) is 0 Å². The van der Waals surface area contributed by atoms with Crippen LogP contribution in [0.1, 0.15) is 28.9 Å². The molecule has 0 radical (unpaired) electrons. The van der Waals surface area contributed by atoms with Crippen molar-refractivity contribution < 1.29 is 9.53 Å². The lowest BCUT2D eigenvalue weighted by Gasteiger charge is -2.13. The minimum Gasteiger partial charge on any atom is -0.495 e. The van der Waals surface area contributed by atoms with Crippen molar-refractivity contribution in [3.05, 3.63) is 40.8 Å². The Kier molecular flexibility index (Phi) is 4.34. The van der Waals surface area contributed by atoms with Crippen LogP contribution in [-0.4, -0.2) is 29.0 Å². The van der Waals surface area contributed by atoms with Crippen LogP contribution in [-0.2, 0) is 0 Å². The Morgan fingerprint density at radius 1 is 1.30 bits per heavy atom. The van der Waals surface area contributed by atoms with Crippen molar-refractivity contribution in [3.63, 3.8) is 0 Å². The standard InChI is InChI=1S/C16H17ClN4O2/c1-9-5-12(14(23-2)6-11(9)17)21-15-7-13(18-8-19-15)16(22)20-10-3-4-10/h5-8,10H,3-4H2,1-2H3,(H,20,22)(H,18,19,21). The maximum absolute atomic E-state index is 12.1. The number of nitrogens with zero attached hydrogens (tertiary/aromatic N) is 2. The fraction of sp³-hybridized carbons (Fsp3) is 0.312. The lowest BCUT2D eigenvalue weighted by molar-refractivity contribution is 0.0946. The topological polar surface area (TPSA) is 76.1 Å². The molecule has 3 rings (SSSR count). The maximum atomic E-state index is 12.1. The number of aromatic nitrogens is 2. The zero-order chi connectivity index (χ0) is 16.4. The molecule has 0 aliphatic heterocycles. The van der Waals surface area contributed by atoms with Gasteiger partial charge in [0.25, 0.3) is 5.91 Å². The smallest absolute Gasteiger partial charge is 0.270 e. The number of aryl methyl sites for hydroxylation is 1. The molecule has 0 atom stereocenters. The Bertz CT molecular complexity index is 747. The summed E-state index contributed by atoms with van der Waals surface area (Å²) >= 11 is 6.10. The lowest BCUT2D eigenvalue weighted by Crippen LogP contribution is -2.26. The van der Waals surface area contributed by atoms with E-state index in [1.807, 2.05) is 13.0 Å². The summed E-state index contributed by atoms with van der Waals surface area (Å²) in [6.07, 6.45) is 3.42. The molecule has 2 N–H and O–H groups in total. The van der Waals surface area contributed by atoms with Crippen molar-refractivity contribution in [3.8, 4) is 5.75 Å². The molecule has 6 nitrogen and oxygen atoms in total. The summed E-state index contributed by atoms with van der Waals surface area (Å²) in [7, 11) is 1.57. The van der Waals surface area contributed by atoms with Crippen LogP contribution < -0.4 is 15.4 Å². The summed E-state index contributed by atoms with van der Waals surface area (Å²) < 4.78 is 5.32. The first-order chi connectivity index (χ1) is 11.1. The fourth-order valence-electron chi connectivity index (χ4n) is 2.10. The summed E-state index contributed by atoms with van der Waals surface area (Å²) in [5.74, 6) is 0.932. The highest BCUT2D eigenvalue weighted by Gasteiger charge is 2.24. The molecule has 0 spiro atoms. The number of rotatable bonds is 5.